The van der Waals surface area contributed by atoms with Crippen LogP contribution in [-0.4, -0.2) is 25.6 Å². The van der Waals surface area contributed by atoms with Gasteiger partial charge in [0.2, 0.25) is 0 Å². The molecule has 0 unspecified atom stereocenters. The van der Waals surface area contributed by atoms with E-state index in [4.69, 9.17) is 4.74 Å². The maximum Gasteiger partial charge on any atom is 0.257 e. The molecule has 0 spiro atoms. The standard InChI is InChI=1S/C15H22N2O2/c1-2-16-9-12-5-7-14(8-6-12)19-11-15(18)17-10-13-3-4-13/h5-8,13,16H,2-4,9-11H2,1H3,(H,17,18). The molecule has 0 saturated heterocycles. The summed E-state index contributed by atoms with van der Waals surface area (Å²) < 4.78 is 5.45. The highest BCUT2D eigenvalue weighted by molar-refractivity contribution is 5.77. The first-order chi connectivity index (χ1) is 9.28. The third-order valence-corrected chi connectivity index (χ3v) is 3.16. The Labute approximate surface area is 114 Å². The lowest BCUT2D eigenvalue weighted by Crippen LogP contribution is -2.30. The molecule has 0 bridgehead atoms. The Morgan fingerprint density at radius 2 is 2.05 bits per heavy atom. The number of hydrogen-bond donors (Lipinski definition) is 2. The molecule has 1 aliphatic rings. The molecule has 0 atom stereocenters. The van der Waals surface area contributed by atoms with Gasteiger partial charge in [-0.1, -0.05) is 19.1 Å². The van der Waals surface area contributed by atoms with E-state index in [2.05, 4.69) is 17.6 Å². The van der Waals surface area contributed by atoms with Crippen LogP contribution in [0.15, 0.2) is 24.3 Å². The van der Waals surface area contributed by atoms with E-state index in [1.807, 2.05) is 24.3 Å². The summed E-state index contributed by atoms with van der Waals surface area (Å²) in [5.41, 5.74) is 1.22. The highest BCUT2D eigenvalue weighted by Crippen LogP contribution is 2.27. The molecule has 1 aromatic rings. The van der Waals surface area contributed by atoms with Crippen molar-refractivity contribution < 1.29 is 9.53 Å². The molecule has 1 saturated carbocycles. The van der Waals surface area contributed by atoms with E-state index in [-0.39, 0.29) is 12.5 Å². The van der Waals surface area contributed by atoms with Crippen LogP contribution in [0.25, 0.3) is 0 Å². The van der Waals surface area contributed by atoms with Gasteiger partial charge in [0.15, 0.2) is 6.61 Å². The van der Waals surface area contributed by atoms with Crippen LogP contribution in [0.4, 0.5) is 0 Å². The number of ether oxygens (including phenoxy) is 1. The molecule has 2 rings (SSSR count). The number of rotatable bonds is 8. The predicted molar refractivity (Wildman–Crippen MR) is 75.1 cm³/mol. The first-order valence-corrected chi connectivity index (χ1v) is 6.97. The first kappa shape index (κ1) is 13.9. The van der Waals surface area contributed by atoms with Gasteiger partial charge >= 0.3 is 0 Å². The quantitative estimate of drug-likeness (QED) is 0.750. The highest BCUT2D eigenvalue weighted by Gasteiger charge is 2.21. The number of benzene rings is 1. The molecule has 1 amide bonds. The highest BCUT2D eigenvalue weighted by atomic mass is 16.5. The molecule has 4 heteroatoms. The number of carbonyl (C=O) groups excluding carboxylic acids is 1. The molecular formula is C15H22N2O2. The predicted octanol–water partition coefficient (Wildman–Crippen LogP) is 1.70. The van der Waals surface area contributed by atoms with Gasteiger partial charge in [0.1, 0.15) is 5.75 Å². The monoisotopic (exact) mass is 262 g/mol. The maximum absolute atomic E-state index is 11.5. The molecule has 4 nitrogen and oxygen atoms in total. The number of carbonyl (C=O) groups is 1. The summed E-state index contributed by atoms with van der Waals surface area (Å²) in [5.74, 6) is 1.40. The van der Waals surface area contributed by atoms with Crippen LogP contribution in [0.5, 0.6) is 5.75 Å². The normalized spacial score (nSPS) is 14.2. The molecule has 1 aromatic carbocycles. The van der Waals surface area contributed by atoms with E-state index in [0.717, 1.165) is 25.4 Å². The van der Waals surface area contributed by atoms with Gasteiger partial charge < -0.3 is 15.4 Å². The maximum atomic E-state index is 11.5. The van der Waals surface area contributed by atoms with E-state index in [1.54, 1.807) is 0 Å². The van der Waals surface area contributed by atoms with Crippen LogP contribution >= 0.6 is 0 Å². The van der Waals surface area contributed by atoms with Gasteiger partial charge in [-0.2, -0.15) is 0 Å². The summed E-state index contributed by atoms with van der Waals surface area (Å²) in [6.07, 6.45) is 2.49. The van der Waals surface area contributed by atoms with Gasteiger partial charge in [-0.25, -0.2) is 0 Å². The summed E-state index contributed by atoms with van der Waals surface area (Å²) in [6.45, 7) is 4.79. The van der Waals surface area contributed by atoms with E-state index in [1.165, 1.54) is 18.4 Å². The fourth-order valence-corrected chi connectivity index (χ4v) is 1.75. The van der Waals surface area contributed by atoms with Crippen molar-refractivity contribution in [3.63, 3.8) is 0 Å². The van der Waals surface area contributed by atoms with Crippen molar-refractivity contribution in [2.24, 2.45) is 5.92 Å². The minimum atomic E-state index is -0.0383. The summed E-state index contributed by atoms with van der Waals surface area (Å²) >= 11 is 0. The molecule has 1 aliphatic carbocycles. The fraction of sp³-hybridized carbons (Fsp3) is 0.533. The zero-order chi connectivity index (χ0) is 13.5. The summed E-state index contributed by atoms with van der Waals surface area (Å²) in [6, 6.07) is 7.84. The Morgan fingerprint density at radius 1 is 1.32 bits per heavy atom. The van der Waals surface area contributed by atoms with Crippen molar-refractivity contribution in [3.05, 3.63) is 29.8 Å². The topological polar surface area (TPSA) is 50.4 Å². The molecule has 2 N–H and O–H groups in total. The SMILES string of the molecule is CCNCc1ccc(OCC(=O)NCC2CC2)cc1. The third kappa shape index (κ3) is 5.30. The lowest BCUT2D eigenvalue weighted by molar-refractivity contribution is -0.123. The minimum absolute atomic E-state index is 0.0383. The molecule has 0 aliphatic heterocycles. The zero-order valence-electron chi connectivity index (χ0n) is 11.4. The van der Waals surface area contributed by atoms with Crippen molar-refractivity contribution in [3.8, 4) is 5.75 Å². The molecule has 104 valence electrons. The van der Waals surface area contributed by atoms with Crippen LogP contribution < -0.4 is 15.4 Å². The lowest BCUT2D eigenvalue weighted by Gasteiger charge is -2.08. The van der Waals surface area contributed by atoms with Crippen molar-refractivity contribution in [2.45, 2.75) is 26.3 Å². The Balaban J connectivity index is 1.67. The van der Waals surface area contributed by atoms with E-state index in [9.17, 15) is 4.79 Å². The van der Waals surface area contributed by atoms with Crippen LogP contribution in [0.2, 0.25) is 0 Å². The summed E-state index contributed by atoms with van der Waals surface area (Å²) in [4.78, 5) is 11.5. The van der Waals surface area contributed by atoms with Gasteiger partial charge in [-0.3, -0.25) is 4.79 Å². The van der Waals surface area contributed by atoms with Crippen LogP contribution in [0.3, 0.4) is 0 Å². The average Bonchev–Trinajstić information content (AvgIpc) is 3.26. The van der Waals surface area contributed by atoms with Gasteiger partial charge in [-0.15, -0.1) is 0 Å². The third-order valence-electron chi connectivity index (χ3n) is 3.16. The molecule has 0 aromatic heterocycles. The second kappa shape index (κ2) is 7.14. The summed E-state index contributed by atoms with van der Waals surface area (Å²) in [7, 11) is 0. The summed E-state index contributed by atoms with van der Waals surface area (Å²) in [5, 5.41) is 6.14. The molecule has 19 heavy (non-hydrogen) atoms. The second-order valence-electron chi connectivity index (χ2n) is 4.96. The van der Waals surface area contributed by atoms with E-state index < -0.39 is 0 Å². The van der Waals surface area contributed by atoms with Crippen molar-refractivity contribution in [1.82, 2.24) is 10.6 Å². The molecule has 0 radical (unpaired) electrons. The Hall–Kier alpha value is -1.55. The van der Waals surface area contributed by atoms with Gasteiger partial charge in [-0.05, 0) is 43.0 Å². The minimum Gasteiger partial charge on any atom is -0.484 e. The van der Waals surface area contributed by atoms with Gasteiger partial charge in [0, 0.05) is 13.1 Å². The van der Waals surface area contributed by atoms with Gasteiger partial charge in [0.05, 0.1) is 0 Å². The van der Waals surface area contributed by atoms with Crippen LogP contribution in [-0.2, 0) is 11.3 Å². The first-order valence-electron chi connectivity index (χ1n) is 6.97. The Bertz CT molecular complexity index is 399. The Kier molecular flexibility index (Phi) is 5.21. The van der Waals surface area contributed by atoms with E-state index >= 15 is 0 Å². The largest absolute Gasteiger partial charge is 0.484 e. The second-order valence-corrected chi connectivity index (χ2v) is 4.96. The number of amides is 1. The zero-order valence-corrected chi connectivity index (χ0v) is 11.4. The average molecular weight is 262 g/mol. The van der Waals surface area contributed by atoms with Crippen molar-refractivity contribution in [1.29, 1.82) is 0 Å². The van der Waals surface area contributed by atoms with Crippen molar-refractivity contribution in [2.75, 3.05) is 19.7 Å². The molecular weight excluding hydrogens is 240 g/mol. The van der Waals surface area contributed by atoms with Crippen molar-refractivity contribution >= 4 is 5.91 Å². The van der Waals surface area contributed by atoms with Crippen LogP contribution in [0.1, 0.15) is 25.3 Å². The van der Waals surface area contributed by atoms with E-state index in [0.29, 0.717) is 5.92 Å². The fourth-order valence-electron chi connectivity index (χ4n) is 1.75. The number of hydrogen-bond acceptors (Lipinski definition) is 3. The van der Waals surface area contributed by atoms with Crippen LogP contribution in [0, 0.1) is 5.92 Å². The molecule has 0 heterocycles. The lowest BCUT2D eigenvalue weighted by atomic mass is 10.2. The van der Waals surface area contributed by atoms with Gasteiger partial charge in [0.25, 0.3) is 5.91 Å². The number of nitrogens with one attached hydrogen (secondary N) is 2. The Morgan fingerprint density at radius 3 is 2.68 bits per heavy atom. The molecule has 1 fully saturated rings. The smallest absolute Gasteiger partial charge is 0.257 e.